The fourth-order valence-corrected chi connectivity index (χ4v) is 0.832. The molecule has 10 heavy (non-hydrogen) atoms. The van der Waals surface area contributed by atoms with Crippen LogP contribution >= 0.6 is 11.6 Å². The van der Waals surface area contributed by atoms with E-state index >= 15 is 0 Å². The topological polar surface area (TPSA) is 20.2 Å². The molecule has 0 heterocycles. The van der Waals surface area contributed by atoms with Crippen LogP contribution in [0.15, 0.2) is 29.8 Å². The van der Waals surface area contributed by atoms with Crippen LogP contribution < -0.4 is 0 Å². The van der Waals surface area contributed by atoms with Gasteiger partial charge >= 0.3 is 0 Å². The zero-order chi connectivity index (χ0) is 7.40. The van der Waals surface area contributed by atoms with Crippen molar-refractivity contribution >= 4 is 17.7 Å². The minimum absolute atomic E-state index is 0.249. The number of halogens is 1. The number of hydrogen-bond donors (Lipinski definition) is 1. The third-order valence-corrected chi connectivity index (χ3v) is 1.31. The molecule has 1 aromatic carbocycles. The van der Waals surface area contributed by atoms with Gasteiger partial charge < -0.3 is 5.11 Å². The van der Waals surface area contributed by atoms with E-state index in [1.807, 2.05) is 6.07 Å². The molecule has 1 N–H and O–H groups in total. The lowest BCUT2D eigenvalue weighted by Crippen LogP contribution is -1.70. The minimum atomic E-state index is 0.249. The van der Waals surface area contributed by atoms with E-state index in [1.54, 1.807) is 24.3 Å². The Labute approximate surface area is 64.6 Å². The summed E-state index contributed by atoms with van der Waals surface area (Å²) in [5.41, 5.74) is 2.10. The quantitative estimate of drug-likeness (QED) is 0.659. The van der Waals surface area contributed by atoms with Crippen LogP contribution in [0.5, 0.6) is 5.75 Å². The second kappa shape index (κ2) is 3.28. The average Bonchev–Trinajstić information content (AvgIpc) is 1.94. The lowest BCUT2D eigenvalue weighted by atomic mass is 10.2. The maximum atomic E-state index is 9.13. The molecule has 0 saturated carbocycles. The molecule has 1 nitrogen and oxygen atoms in total. The summed E-state index contributed by atoms with van der Waals surface area (Å²) in [4.78, 5) is 0. The van der Waals surface area contributed by atoms with Gasteiger partial charge in [0.2, 0.25) is 0 Å². The van der Waals surface area contributed by atoms with Gasteiger partial charge in [0.25, 0.3) is 0 Å². The molecule has 0 aliphatic rings. The van der Waals surface area contributed by atoms with Crippen LogP contribution in [0.25, 0.3) is 6.08 Å². The minimum Gasteiger partial charge on any atom is -0.507 e. The van der Waals surface area contributed by atoms with Gasteiger partial charge in [-0.1, -0.05) is 29.8 Å². The SMILES string of the molecule is Oc1ccccc1/C=C\Cl. The molecule has 0 spiro atoms. The molecule has 0 aliphatic heterocycles. The van der Waals surface area contributed by atoms with Crippen molar-refractivity contribution in [3.63, 3.8) is 0 Å². The van der Waals surface area contributed by atoms with E-state index in [-0.39, 0.29) is 5.75 Å². The fourth-order valence-electron chi connectivity index (χ4n) is 0.696. The monoisotopic (exact) mass is 154 g/mol. The van der Waals surface area contributed by atoms with E-state index < -0.39 is 0 Å². The summed E-state index contributed by atoms with van der Waals surface area (Å²) in [6, 6.07) is 7.01. The molecule has 0 radical (unpaired) electrons. The van der Waals surface area contributed by atoms with Crippen LogP contribution in [0.3, 0.4) is 0 Å². The summed E-state index contributed by atoms with van der Waals surface area (Å²) in [6.07, 6.45) is 1.64. The number of phenolic OH excluding ortho intramolecular Hbond substituents is 1. The van der Waals surface area contributed by atoms with Crippen molar-refractivity contribution in [1.82, 2.24) is 0 Å². The van der Waals surface area contributed by atoms with Gasteiger partial charge in [-0.2, -0.15) is 0 Å². The highest BCUT2D eigenvalue weighted by molar-refractivity contribution is 6.27. The molecule has 1 aromatic rings. The third kappa shape index (κ3) is 1.52. The van der Waals surface area contributed by atoms with E-state index in [0.29, 0.717) is 0 Å². The van der Waals surface area contributed by atoms with Crippen molar-refractivity contribution < 1.29 is 5.11 Å². The average molecular weight is 155 g/mol. The van der Waals surface area contributed by atoms with Gasteiger partial charge in [-0.15, -0.1) is 0 Å². The molecule has 0 amide bonds. The highest BCUT2D eigenvalue weighted by Crippen LogP contribution is 2.16. The van der Waals surface area contributed by atoms with Crippen LogP contribution in [-0.2, 0) is 0 Å². The van der Waals surface area contributed by atoms with Crippen LogP contribution in [-0.4, -0.2) is 5.11 Å². The highest BCUT2D eigenvalue weighted by atomic mass is 35.5. The summed E-state index contributed by atoms with van der Waals surface area (Å²) in [5.74, 6) is 0.249. The Morgan fingerprint density at radius 2 is 2.00 bits per heavy atom. The molecule has 0 aliphatic carbocycles. The predicted molar refractivity (Wildman–Crippen MR) is 43.0 cm³/mol. The Morgan fingerprint density at radius 1 is 1.30 bits per heavy atom. The zero-order valence-electron chi connectivity index (χ0n) is 5.29. The zero-order valence-corrected chi connectivity index (χ0v) is 6.05. The van der Waals surface area contributed by atoms with Crippen molar-refractivity contribution in [3.8, 4) is 5.75 Å². The third-order valence-electron chi connectivity index (χ3n) is 1.18. The Hall–Kier alpha value is -0.950. The molecule has 2 heteroatoms. The van der Waals surface area contributed by atoms with Crippen LogP contribution in [0, 0.1) is 0 Å². The Balaban J connectivity index is 3.03. The first-order chi connectivity index (χ1) is 4.84. The lowest BCUT2D eigenvalue weighted by Gasteiger charge is -1.94. The first-order valence-corrected chi connectivity index (χ1v) is 3.33. The predicted octanol–water partition coefficient (Wildman–Crippen LogP) is 2.60. The van der Waals surface area contributed by atoms with Crippen molar-refractivity contribution in [2.75, 3.05) is 0 Å². The summed E-state index contributed by atoms with van der Waals surface area (Å²) >= 11 is 5.32. The Morgan fingerprint density at radius 3 is 2.60 bits per heavy atom. The molecule has 0 atom stereocenters. The van der Waals surface area contributed by atoms with Gasteiger partial charge in [0.1, 0.15) is 5.75 Å². The van der Waals surface area contributed by atoms with Crippen molar-refractivity contribution in [3.05, 3.63) is 35.4 Å². The van der Waals surface area contributed by atoms with Gasteiger partial charge in [0.05, 0.1) is 0 Å². The number of hydrogen-bond acceptors (Lipinski definition) is 1. The number of benzene rings is 1. The molecule has 0 unspecified atom stereocenters. The van der Waals surface area contributed by atoms with Gasteiger partial charge in [-0.05, 0) is 12.1 Å². The largest absolute Gasteiger partial charge is 0.507 e. The number of aromatic hydroxyl groups is 1. The van der Waals surface area contributed by atoms with Crippen LogP contribution in [0.4, 0.5) is 0 Å². The first-order valence-electron chi connectivity index (χ1n) is 2.89. The molecule has 0 saturated heterocycles. The molecule has 0 bridgehead atoms. The molecular weight excluding hydrogens is 148 g/mol. The molecular formula is C8H7ClO. The van der Waals surface area contributed by atoms with Crippen molar-refractivity contribution in [2.45, 2.75) is 0 Å². The van der Waals surface area contributed by atoms with E-state index in [9.17, 15) is 0 Å². The fraction of sp³-hybridized carbons (Fsp3) is 0. The van der Waals surface area contributed by atoms with E-state index in [1.165, 1.54) is 5.54 Å². The summed E-state index contributed by atoms with van der Waals surface area (Å²) in [5, 5.41) is 9.13. The van der Waals surface area contributed by atoms with Gasteiger partial charge in [0, 0.05) is 11.1 Å². The second-order valence-electron chi connectivity index (χ2n) is 1.85. The normalized spacial score (nSPS) is 10.5. The number of para-hydroxylation sites is 1. The molecule has 0 fully saturated rings. The van der Waals surface area contributed by atoms with Crippen LogP contribution in [0.2, 0.25) is 0 Å². The smallest absolute Gasteiger partial charge is 0.122 e. The van der Waals surface area contributed by atoms with E-state index in [0.717, 1.165) is 5.56 Å². The van der Waals surface area contributed by atoms with E-state index in [4.69, 9.17) is 16.7 Å². The standard InChI is InChI=1S/C8H7ClO/c9-6-5-7-3-1-2-4-8(7)10/h1-6,10H/b6-5-. The van der Waals surface area contributed by atoms with Crippen LogP contribution in [0.1, 0.15) is 5.56 Å². The van der Waals surface area contributed by atoms with E-state index in [2.05, 4.69) is 0 Å². The lowest BCUT2D eigenvalue weighted by molar-refractivity contribution is 0.474. The molecule has 0 aromatic heterocycles. The van der Waals surface area contributed by atoms with Gasteiger partial charge in [0.15, 0.2) is 0 Å². The van der Waals surface area contributed by atoms with Gasteiger partial charge in [-0.25, -0.2) is 0 Å². The maximum Gasteiger partial charge on any atom is 0.122 e. The molecule has 1 rings (SSSR count). The number of phenols is 1. The molecule has 52 valence electrons. The van der Waals surface area contributed by atoms with Crippen molar-refractivity contribution in [2.24, 2.45) is 0 Å². The van der Waals surface area contributed by atoms with Crippen molar-refractivity contribution in [1.29, 1.82) is 0 Å². The maximum absolute atomic E-state index is 9.13. The summed E-state index contributed by atoms with van der Waals surface area (Å²) in [6.45, 7) is 0. The Kier molecular flexibility index (Phi) is 2.35. The first kappa shape index (κ1) is 7.16. The summed E-state index contributed by atoms with van der Waals surface area (Å²) < 4.78 is 0. The highest BCUT2D eigenvalue weighted by Gasteiger charge is 1.91. The second-order valence-corrected chi connectivity index (χ2v) is 2.10. The summed E-state index contributed by atoms with van der Waals surface area (Å²) in [7, 11) is 0. The Bertz CT molecular complexity index is 243. The van der Waals surface area contributed by atoms with Gasteiger partial charge in [-0.3, -0.25) is 0 Å². The number of rotatable bonds is 1.